The zero-order valence-corrected chi connectivity index (χ0v) is 12.3. The Balaban J connectivity index is 3.25. The topological polar surface area (TPSA) is 34.1 Å². The van der Waals surface area contributed by atoms with Gasteiger partial charge >= 0.3 is 0 Å². The Morgan fingerprint density at radius 1 is 0.611 bits per heavy atom. The Labute approximate surface area is 113 Å². The van der Waals surface area contributed by atoms with Crippen molar-refractivity contribution < 1.29 is 9.59 Å². The highest BCUT2D eigenvalue weighted by molar-refractivity contribution is 5.79. The van der Waals surface area contributed by atoms with Gasteiger partial charge < -0.3 is 0 Å². The maximum Gasteiger partial charge on any atom is 0.132 e. The lowest BCUT2D eigenvalue weighted by atomic mass is 10.0. The fourth-order valence-electron chi connectivity index (χ4n) is 2.05. The minimum absolute atomic E-state index is 0.318. The largest absolute Gasteiger partial charge is 0.300 e. The zero-order chi connectivity index (χ0) is 13.6. The van der Waals surface area contributed by atoms with E-state index in [0.29, 0.717) is 30.8 Å². The number of carbonyl (C=O) groups excluding carboxylic acids is 2. The van der Waals surface area contributed by atoms with E-state index in [4.69, 9.17) is 0 Å². The van der Waals surface area contributed by atoms with Gasteiger partial charge in [0, 0.05) is 25.7 Å². The molecule has 0 rings (SSSR count). The van der Waals surface area contributed by atoms with Crippen molar-refractivity contribution in [2.24, 2.45) is 0 Å². The van der Waals surface area contributed by atoms with E-state index in [1.54, 1.807) is 0 Å². The van der Waals surface area contributed by atoms with E-state index < -0.39 is 0 Å². The summed E-state index contributed by atoms with van der Waals surface area (Å²) in [5, 5.41) is 0. The van der Waals surface area contributed by atoms with E-state index in [0.717, 1.165) is 25.7 Å². The quantitative estimate of drug-likeness (QED) is 0.440. The van der Waals surface area contributed by atoms with E-state index >= 15 is 0 Å². The molecule has 0 aromatic carbocycles. The molecule has 2 heteroatoms. The maximum atomic E-state index is 11.6. The van der Waals surface area contributed by atoms with Crippen molar-refractivity contribution in [2.75, 3.05) is 0 Å². The highest BCUT2D eigenvalue weighted by Gasteiger charge is 2.03. The average Bonchev–Trinajstić information content (AvgIpc) is 2.38. The van der Waals surface area contributed by atoms with Gasteiger partial charge in [0.2, 0.25) is 0 Å². The lowest BCUT2D eigenvalue weighted by molar-refractivity contribution is -0.120. The van der Waals surface area contributed by atoms with Gasteiger partial charge in [-0.3, -0.25) is 9.59 Å². The average molecular weight is 254 g/mol. The van der Waals surface area contributed by atoms with Gasteiger partial charge in [0.1, 0.15) is 11.6 Å². The molecular formula is C16H30O2. The molecule has 0 unspecified atom stereocenters. The van der Waals surface area contributed by atoms with Crippen molar-refractivity contribution >= 4 is 11.6 Å². The van der Waals surface area contributed by atoms with Crippen molar-refractivity contribution in [3.8, 4) is 0 Å². The molecular weight excluding hydrogens is 224 g/mol. The molecule has 18 heavy (non-hydrogen) atoms. The Hall–Kier alpha value is -0.660. The van der Waals surface area contributed by atoms with Gasteiger partial charge in [0.15, 0.2) is 0 Å². The Bertz CT molecular complexity index is 221. The summed E-state index contributed by atoms with van der Waals surface area (Å²) in [5.41, 5.74) is 0. The molecule has 0 aliphatic heterocycles. The summed E-state index contributed by atoms with van der Waals surface area (Å²) in [7, 11) is 0. The lowest BCUT2D eigenvalue weighted by Crippen LogP contribution is -1.99. The highest BCUT2D eigenvalue weighted by atomic mass is 16.1. The molecule has 0 N–H and O–H groups in total. The predicted molar refractivity (Wildman–Crippen MR) is 76.8 cm³/mol. The van der Waals surface area contributed by atoms with Crippen LogP contribution in [0.2, 0.25) is 0 Å². The third-order valence-electron chi connectivity index (χ3n) is 3.36. The number of ketones is 2. The zero-order valence-electron chi connectivity index (χ0n) is 12.3. The van der Waals surface area contributed by atoms with Crippen LogP contribution in [0.15, 0.2) is 0 Å². The van der Waals surface area contributed by atoms with Gasteiger partial charge in [-0.1, -0.05) is 46.0 Å². The minimum atomic E-state index is 0.318. The number of hydrogen-bond acceptors (Lipinski definition) is 2. The first-order valence-electron chi connectivity index (χ1n) is 7.74. The Morgan fingerprint density at radius 2 is 1.06 bits per heavy atom. The molecule has 0 aromatic rings. The standard InChI is InChI=1S/C16H30O2/c1-3-5-6-7-8-9-13-16(18)14-11-10-12-15(17)4-2/h3-14H2,1-2H3. The van der Waals surface area contributed by atoms with Crippen molar-refractivity contribution in [2.45, 2.75) is 90.9 Å². The molecule has 0 aromatic heterocycles. The number of hydrogen-bond donors (Lipinski definition) is 0. The summed E-state index contributed by atoms with van der Waals surface area (Å²) in [6.07, 6.45) is 11.9. The molecule has 0 saturated heterocycles. The SMILES string of the molecule is CCCCCCCCC(=O)CCCCC(=O)CC. The first-order valence-corrected chi connectivity index (χ1v) is 7.74. The van der Waals surface area contributed by atoms with Gasteiger partial charge in [-0.2, -0.15) is 0 Å². The summed E-state index contributed by atoms with van der Waals surface area (Å²) in [5.74, 6) is 0.702. The van der Waals surface area contributed by atoms with Crippen LogP contribution in [-0.4, -0.2) is 11.6 Å². The number of Topliss-reactive ketones (excluding diaryl/α,β-unsaturated/α-hetero) is 2. The fourth-order valence-corrected chi connectivity index (χ4v) is 2.05. The molecule has 0 radical (unpaired) electrons. The van der Waals surface area contributed by atoms with Crippen LogP contribution in [0.1, 0.15) is 90.9 Å². The van der Waals surface area contributed by atoms with Crippen molar-refractivity contribution in [3.63, 3.8) is 0 Å². The van der Waals surface area contributed by atoms with Crippen molar-refractivity contribution in [3.05, 3.63) is 0 Å². The van der Waals surface area contributed by atoms with Crippen molar-refractivity contribution in [1.82, 2.24) is 0 Å². The monoisotopic (exact) mass is 254 g/mol. The van der Waals surface area contributed by atoms with Crippen LogP contribution >= 0.6 is 0 Å². The van der Waals surface area contributed by atoms with Crippen LogP contribution < -0.4 is 0 Å². The van der Waals surface area contributed by atoms with Gasteiger partial charge in [-0.05, 0) is 19.3 Å². The Kier molecular flexibility index (Phi) is 12.3. The molecule has 0 heterocycles. The molecule has 0 aliphatic carbocycles. The summed E-state index contributed by atoms with van der Waals surface area (Å²) < 4.78 is 0. The van der Waals surface area contributed by atoms with Crippen molar-refractivity contribution in [1.29, 1.82) is 0 Å². The second-order valence-corrected chi connectivity index (χ2v) is 5.16. The van der Waals surface area contributed by atoms with Crippen LogP contribution in [0.25, 0.3) is 0 Å². The third kappa shape index (κ3) is 11.8. The second-order valence-electron chi connectivity index (χ2n) is 5.16. The molecule has 0 bridgehead atoms. The number of carbonyl (C=O) groups is 2. The normalized spacial score (nSPS) is 10.6. The minimum Gasteiger partial charge on any atom is -0.300 e. The van der Waals surface area contributed by atoms with Gasteiger partial charge in [-0.15, -0.1) is 0 Å². The molecule has 0 amide bonds. The summed E-state index contributed by atoms with van der Waals surface area (Å²) in [6, 6.07) is 0. The summed E-state index contributed by atoms with van der Waals surface area (Å²) >= 11 is 0. The van der Waals surface area contributed by atoms with Crippen LogP contribution in [0.4, 0.5) is 0 Å². The first-order chi connectivity index (χ1) is 8.70. The van der Waals surface area contributed by atoms with E-state index in [9.17, 15) is 9.59 Å². The van der Waals surface area contributed by atoms with E-state index in [-0.39, 0.29) is 0 Å². The lowest BCUT2D eigenvalue weighted by Gasteiger charge is -2.02. The first kappa shape index (κ1) is 17.3. The number of unbranched alkanes of at least 4 members (excludes halogenated alkanes) is 6. The Morgan fingerprint density at radius 3 is 1.61 bits per heavy atom. The maximum absolute atomic E-state index is 11.6. The third-order valence-corrected chi connectivity index (χ3v) is 3.36. The van der Waals surface area contributed by atoms with E-state index in [1.165, 1.54) is 32.1 Å². The van der Waals surface area contributed by atoms with Gasteiger partial charge in [0.25, 0.3) is 0 Å². The smallest absolute Gasteiger partial charge is 0.132 e. The molecule has 0 aliphatic rings. The number of rotatable bonds is 13. The van der Waals surface area contributed by atoms with E-state index in [1.807, 2.05) is 6.92 Å². The molecule has 0 spiro atoms. The van der Waals surface area contributed by atoms with Crippen LogP contribution in [-0.2, 0) is 9.59 Å². The summed E-state index contributed by atoms with van der Waals surface area (Å²) in [6.45, 7) is 4.11. The summed E-state index contributed by atoms with van der Waals surface area (Å²) in [4.78, 5) is 22.6. The van der Waals surface area contributed by atoms with Crippen LogP contribution in [0, 0.1) is 0 Å². The molecule has 106 valence electrons. The van der Waals surface area contributed by atoms with E-state index in [2.05, 4.69) is 6.92 Å². The van der Waals surface area contributed by atoms with Crippen LogP contribution in [0.5, 0.6) is 0 Å². The molecule has 0 saturated carbocycles. The van der Waals surface area contributed by atoms with Gasteiger partial charge in [0.05, 0.1) is 0 Å². The predicted octanol–water partition coefficient (Wildman–Crippen LogP) is 4.85. The van der Waals surface area contributed by atoms with Gasteiger partial charge in [-0.25, -0.2) is 0 Å². The molecule has 2 nitrogen and oxygen atoms in total. The fraction of sp³-hybridized carbons (Fsp3) is 0.875. The highest BCUT2D eigenvalue weighted by Crippen LogP contribution is 2.10. The van der Waals surface area contributed by atoms with Crippen LogP contribution in [0.3, 0.4) is 0 Å². The second kappa shape index (κ2) is 12.8. The molecule has 0 fully saturated rings. The molecule has 0 atom stereocenters.